The fourth-order valence-electron chi connectivity index (χ4n) is 3.10. The number of hydrogen-bond acceptors (Lipinski definition) is 6. The van der Waals surface area contributed by atoms with Crippen LogP contribution in [0.1, 0.15) is 36.2 Å². The maximum Gasteiger partial charge on any atom is 0.240 e. The Morgan fingerprint density at radius 2 is 1.89 bits per heavy atom. The van der Waals surface area contributed by atoms with Gasteiger partial charge in [0.1, 0.15) is 5.54 Å². The molecule has 144 valence electrons. The Labute approximate surface area is 157 Å². The molecule has 1 aromatic carbocycles. The van der Waals surface area contributed by atoms with Gasteiger partial charge in [-0.2, -0.15) is 4.98 Å². The zero-order chi connectivity index (χ0) is 19.1. The summed E-state index contributed by atoms with van der Waals surface area (Å²) in [5, 5.41) is 9.51. The SMILES string of the molecule is Cc1ccc(CCC(=O)NCC(=O)NC2(c3ncon3)CCOCC2)cc1. The van der Waals surface area contributed by atoms with Crippen LogP contribution in [0, 0.1) is 6.92 Å². The van der Waals surface area contributed by atoms with Crippen molar-refractivity contribution in [3.05, 3.63) is 47.6 Å². The van der Waals surface area contributed by atoms with Gasteiger partial charge in [-0.05, 0) is 18.9 Å². The van der Waals surface area contributed by atoms with Gasteiger partial charge >= 0.3 is 0 Å². The van der Waals surface area contributed by atoms with E-state index in [0.29, 0.717) is 44.7 Å². The summed E-state index contributed by atoms with van der Waals surface area (Å²) in [6, 6.07) is 8.06. The van der Waals surface area contributed by atoms with Crippen LogP contribution in [-0.4, -0.2) is 41.7 Å². The van der Waals surface area contributed by atoms with Gasteiger partial charge in [0.05, 0.1) is 6.54 Å². The second-order valence-electron chi connectivity index (χ2n) is 6.76. The minimum atomic E-state index is -0.713. The minimum absolute atomic E-state index is 0.0901. The first-order valence-electron chi connectivity index (χ1n) is 9.05. The van der Waals surface area contributed by atoms with Gasteiger partial charge in [0, 0.05) is 32.5 Å². The molecule has 27 heavy (non-hydrogen) atoms. The zero-order valence-electron chi connectivity index (χ0n) is 15.4. The third kappa shape index (κ3) is 5.13. The van der Waals surface area contributed by atoms with Gasteiger partial charge in [0.25, 0.3) is 0 Å². The predicted octanol–water partition coefficient (Wildman–Crippen LogP) is 1.25. The third-order valence-electron chi connectivity index (χ3n) is 4.72. The van der Waals surface area contributed by atoms with Crippen LogP contribution < -0.4 is 10.6 Å². The largest absolute Gasteiger partial charge is 0.381 e. The van der Waals surface area contributed by atoms with Gasteiger partial charge in [-0.25, -0.2) is 0 Å². The molecule has 1 aromatic heterocycles. The van der Waals surface area contributed by atoms with E-state index in [1.807, 2.05) is 31.2 Å². The molecule has 1 saturated heterocycles. The van der Waals surface area contributed by atoms with Gasteiger partial charge in [0.15, 0.2) is 5.82 Å². The normalized spacial score (nSPS) is 15.9. The topological polar surface area (TPSA) is 106 Å². The van der Waals surface area contributed by atoms with Crippen molar-refractivity contribution < 1.29 is 18.8 Å². The first-order chi connectivity index (χ1) is 13.1. The van der Waals surface area contributed by atoms with Gasteiger partial charge in [-0.15, -0.1) is 0 Å². The van der Waals surface area contributed by atoms with Crippen LogP contribution in [0.2, 0.25) is 0 Å². The monoisotopic (exact) mass is 372 g/mol. The van der Waals surface area contributed by atoms with E-state index in [9.17, 15) is 9.59 Å². The average Bonchev–Trinajstić information content (AvgIpc) is 3.22. The molecule has 0 spiro atoms. The van der Waals surface area contributed by atoms with Gasteiger partial charge < -0.3 is 19.9 Å². The van der Waals surface area contributed by atoms with Crippen molar-refractivity contribution >= 4 is 11.8 Å². The number of nitrogens with zero attached hydrogens (tertiary/aromatic N) is 2. The highest BCUT2D eigenvalue weighted by molar-refractivity contribution is 5.85. The Bertz CT molecular complexity index is 753. The Balaban J connectivity index is 1.48. The summed E-state index contributed by atoms with van der Waals surface area (Å²) >= 11 is 0. The molecular formula is C19H24N4O4. The molecule has 0 atom stereocenters. The summed E-state index contributed by atoms with van der Waals surface area (Å²) < 4.78 is 10.2. The second kappa shape index (κ2) is 8.77. The van der Waals surface area contributed by atoms with E-state index in [2.05, 4.69) is 20.8 Å². The molecule has 0 saturated carbocycles. The van der Waals surface area contributed by atoms with Crippen molar-refractivity contribution in [1.29, 1.82) is 0 Å². The average molecular weight is 372 g/mol. The number of benzene rings is 1. The number of hydrogen-bond donors (Lipinski definition) is 2. The van der Waals surface area contributed by atoms with E-state index < -0.39 is 5.54 Å². The lowest BCUT2D eigenvalue weighted by Crippen LogP contribution is -2.52. The van der Waals surface area contributed by atoms with E-state index in [4.69, 9.17) is 9.26 Å². The van der Waals surface area contributed by atoms with E-state index in [1.165, 1.54) is 12.0 Å². The van der Waals surface area contributed by atoms with Crippen molar-refractivity contribution in [3.63, 3.8) is 0 Å². The second-order valence-corrected chi connectivity index (χ2v) is 6.76. The van der Waals surface area contributed by atoms with Gasteiger partial charge in [-0.1, -0.05) is 35.0 Å². The van der Waals surface area contributed by atoms with Crippen LogP contribution >= 0.6 is 0 Å². The number of nitrogens with one attached hydrogen (secondary N) is 2. The molecule has 8 nitrogen and oxygen atoms in total. The van der Waals surface area contributed by atoms with Crippen LogP contribution in [-0.2, 0) is 26.3 Å². The third-order valence-corrected chi connectivity index (χ3v) is 4.72. The number of carbonyl (C=O) groups is 2. The molecule has 1 fully saturated rings. The van der Waals surface area contributed by atoms with Crippen molar-refractivity contribution in [2.45, 2.75) is 38.1 Å². The van der Waals surface area contributed by atoms with Crippen LogP contribution in [0.3, 0.4) is 0 Å². The number of rotatable bonds is 7. The quantitative estimate of drug-likeness (QED) is 0.758. The van der Waals surface area contributed by atoms with Crippen molar-refractivity contribution in [3.8, 4) is 0 Å². The summed E-state index contributed by atoms with van der Waals surface area (Å²) in [6.45, 7) is 2.93. The fourth-order valence-corrected chi connectivity index (χ4v) is 3.10. The van der Waals surface area contributed by atoms with E-state index >= 15 is 0 Å². The van der Waals surface area contributed by atoms with Crippen molar-refractivity contribution in [2.75, 3.05) is 19.8 Å². The van der Waals surface area contributed by atoms with Gasteiger partial charge in [0.2, 0.25) is 18.2 Å². The lowest BCUT2D eigenvalue weighted by atomic mass is 9.89. The summed E-state index contributed by atoms with van der Waals surface area (Å²) in [6.07, 6.45) is 3.32. The maximum atomic E-state index is 12.4. The Kier molecular flexibility index (Phi) is 6.18. The van der Waals surface area contributed by atoms with Crippen LogP contribution in [0.25, 0.3) is 0 Å². The molecule has 0 aliphatic carbocycles. The molecule has 3 rings (SSSR count). The van der Waals surface area contributed by atoms with Crippen LogP contribution in [0.5, 0.6) is 0 Å². The van der Waals surface area contributed by atoms with Crippen LogP contribution in [0.4, 0.5) is 0 Å². The van der Waals surface area contributed by atoms with E-state index in [1.54, 1.807) is 0 Å². The summed E-state index contributed by atoms with van der Waals surface area (Å²) in [7, 11) is 0. The molecule has 8 heteroatoms. The highest BCUT2D eigenvalue weighted by atomic mass is 16.5. The standard InChI is InChI=1S/C19H24N4O4/c1-14-2-4-15(5-3-14)6-7-16(24)20-12-17(25)22-19(8-10-26-11-9-19)18-21-13-27-23-18/h2-5,13H,6-12H2,1H3,(H,20,24)(H,22,25). The summed E-state index contributed by atoms with van der Waals surface area (Å²) in [5.41, 5.74) is 1.57. The zero-order valence-corrected chi connectivity index (χ0v) is 15.4. The molecule has 1 aliphatic rings. The molecule has 1 aliphatic heterocycles. The molecule has 2 amide bonds. The number of amides is 2. The molecule has 0 bridgehead atoms. The molecule has 0 unspecified atom stereocenters. The molecular weight excluding hydrogens is 348 g/mol. The lowest BCUT2D eigenvalue weighted by molar-refractivity contribution is -0.128. The smallest absolute Gasteiger partial charge is 0.240 e. The summed E-state index contributed by atoms with van der Waals surface area (Å²) in [4.78, 5) is 28.5. The predicted molar refractivity (Wildman–Crippen MR) is 96.7 cm³/mol. The minimum Gasteiger partial charge on any atom is -0.381 e. The maximum absolute atomic E-state index is 12.4. The molecule has 0 radical (unpaired) electrons. The molecule has 2 N–H and O–H groups in total. The highest BCUT2D eigenvalue weighted by Crippen LogP contribution is 2.29. The lowest BCUT2D eigenvalue weighted by Gasteiger charge is -2.35. The first kappa shape index (κ1) is 19.0. The molecule has 2 heterocycles. The Hall–Kier alpha value is -2.74. The fraction of sp³-hybridized carbons (Fsp3) is 0.474. The Morgan fingerprint density at radius 1 is 1.15 bits per heavy atom. The van der Waals surface area contributed by atoms with Crippen molar-refractivity contribution in [1.82, 2.24) is 20.8 Å². The number of carbonyl (C=O) groups excluding carboxylic acids is 2. The highest BCUT2D eigenvalue weighted by Gasteiger charge is 2.39. The van der Waals surface area contributed by atoms with E-state index in [0.717, 1.165) is 5.56 Å². The van der Waals surface area contributed by atoms with Crippen molar-refractivity contribution in [2.24, 2.45) is 0 Å². The first-order valence-corrected chi connectivity index (χ1v) is 9.05. The number of aryl methyl sites for hydroxylation is 2. The summed E-state index contributed by atoms with van der Waals surface area (Å²) in [5.74, 6) is -0.0125. The van der Waals surface area contributed by atoms with E-state index in [-0.39, 0.29) is 18.4 Å². The number of aromatic nitrogens is 2. The van der Waals surface area contributed by atoms with Gasteiger partial charge in [-0.3, -0.25) is 9.59 Å². The van der Waals surface area contributed by atoms with Crippen LogP contribution in [0.15, 0.2) is 35.2 Å². The number of ether oxygens (including phenoxy) is 1. The molecule has 2 aromatic rings. The Morgan fingerprint density at radius 3 is 2.56 bits per heavy atom.